The minimum atomic E-state index is -0.424. The van der Waals surface area contributed by atoms with Crippen molar-refractivity contribution in [2.75, 3.05) is 7.11 Å². The zero-order chi connectivity index (χ0) is 14.0. The highest BCUT2D eigenvalue weighted by atomic mass is 16.5. The highest BCUT2D eigenvalue weighted by molar-refractivity contribution is 5.97. The number of hydrogen-bond acceptors (Lipinski definition) is 4. The third-order valence-electron chi connectivity index (χ3n) is 3.09. The van der Waals surface area contributed by atoms with Crippen molar-refractivity contribution in [3.05, 3.63) is 41.2 Å². The quantitative estimate of drug-likeness (QED) is 0.791. The first kappa shape index (κ1) is 13.3. The van der Waals surface area contributed by atoms with Crippen molar-refractivity contribution in [1.82, 2.24) is 5.16 Å². The van der Waals surface area contributed by atoms with Crippen molar-refractivity contribution in [3.63, 3.8) is 0 Å². The van der Waals surface area contributed by atoms with Crippen molar-refractivity contribution in [1.29, 1.82) is 0 Å². The first-order valence-corrected chi connectivity index (χ1v) is 6.20. The van der Waals surface area contributed by atoms with Gasteiger partial charge in [-0.05, 0) is 18.4 Å². The van der Waals surface area contributed by atoms with E-state index in [0.29, 0.717) is 22.9 Å². The minimum absolute atomic E-state index is 0.332. The summed E-state index contributed by atoms with van der Waals surface area (Å²) in [7, 11) is 1.35. The lowest BCUT2D eigenvalue weighted by atomic mass is 9.93. The van der Waals surface area contributed by atoms with Gasteiger partial charge in [-0.2, -0.15) is 0 Å². The second kappa shape index (κ2) is 5.26. The van der Waals surface area contributed by atoms with Gasteiger partial charge in [0.1, 0.15) is 17.0 Å². The molecule has 1 aromatic carbocycles. The molecular formula is C15H17NO3. The summed E-state index contributed by atoms with van der Waals surface area (Å²) in [5.41, 5.74) is 2.99. The lowest BCUT2D eigenvalue weighted by Gasteiger charge is -2.11. The van der Waals surface area contributed by atoms with Crippen molar-refractivity contribution in [3.8, 4) is 11.3 Å². The average Bonchev–Trinajstić information content (AvgIpc) is 2.79. The monoisotopic (exact) mass is 259 g/mol. The van der Waals surface area contributed by atoms with Crippen LogP contribution >= 0.6 is 0 Å². The Balaban J connectivity index is 2.63. The van der Waals surface area contributed by atoms with E-state index >= 15 is 0 Å². The van der Waals surface area contributed by atoms with E-state index in [4.69, 9.17) is 9.26 Å². The van der Waals surface area contributed by atoms with E-state index < -0.39 is 5.97 Å². The summed E-state index contributed by atoms with van der Waals surface area (Å²) in [5, 5.41) is 4.02. The van der Waals surface area contributed by atoms with Crippen molar-refractivity contribution in [2.24, 2.45) is 0 Å². The minimum Gasteiger partial charge on any atom is -0.465 e. The van der Waals surface area contributed by atoms with E-state index in [1.807, 2.05) is 24.3 Å². The number of benzene rings is 1. The van der Waals surface area contributed by atoms with Gasteiger partial charge in [0.15, 0.2) is 0 Å². The Bertz CT molecular complexity index is 599. The fraction of sp³-hybridized carbons (Fsp3) is 0.333. The summed E-state index contributed by atoms with van der Waals surface area (Å²) in [6.45, 7) is 5.91. The number of methoxy groups -OCH3 is 1. The maximum atomic E-state index is 11.8. The van der Waals surface area contributed by atoms with Crippen molar-refractivity contribution in [2.45, 2.75) is 26.7 Å². The highest BCUT2D eigenvalue weighted by Gasteiger charge is 2.24. The first-order chi connectivity index (χ1) is 9.06. The van der Waals surface area contributed by atoms with E-state index in [0.717, 1.165) is 11.1 Å². The topological polar surface area (TPSA) is 52.3 Å². The zero-order valence-electron chi connectivity index (χ0n) is 11.6. The van der Waals surface area contributed by atoms with E-state index in [1.165, 1.54) is 7.11 Å². The van der Waals surface area contributed by atoms with E-state index in [9.17, 15) is 4.79 Å². The fourth-order valence-electron chi connectivity index (χ4n) is 2.11. The molecular weight excluding hydrogens is 242 g/mol. The number of ether oxygens (including phenoxy) is 1. The van der Waals surface area contributed by atoms with Gasteiger partial charge >= 0.3 is 5.97 Å². The van der Waals surface area contributed by atoms with Gasteiger partial charge in [0.25, 0.3) is 0 Å². The molecule has 0 aliphatic heterocycles. The van der Waals surface area contributed by atoms with E-state index in [-0.39, 0.29) is 0 Å². The molecule has 0 saturated heterocycles. The number of rotatable bonds is 3. The molecule has 2 rings (SSSR count). The third kappa shape index (κ3) is 2.38. The molecule has 0 N–H and O–H groups in total. The van der Waals surface area contributed by atoms with Gasteiger partial charge in [-0.15, -0.1) is 0 Å². The van der Waals surface area contributed by atoms with Gasteiger partial charge in [-0.3, -0.25) is 0 Å². The lowest BCUT2D eigenvalue weighted by molar-refractivity contribution is 0.0599. The number of nitrogens with zero attached hydrogens (tertiary/aromatic N) is 1. The Morgan fingerprint density at radius 3 is 2.63 bits per heavy atom. The van der Waals surface area contributed by atoms with Crippen LogP contribution in [0, 0.1) is 6.92 Å². The maximum absolute atomic E-state index is 11.8. The zero-order valence-corrected chi connectivity index (χ0v) is 11.6. The largest absolute Gasteiger partial charge is 0.465 e. The van der Waals surface area contributed by atoms with Crippen LogP contribution in [-0.4, -0.2) is 18.2 Å². The molecule has 0 spiro atoms. The molecule has 0 bridgehead atoms. The summed E-state index contributed by atoms with van der Waals surface area (Å²) >= 11 is 0. The number of hydrogen-bond donors (Lipinski definition) is 0. The molecule has 0 aliphatic rings. The van der Waals surface area contributed by atoms with Crippen LogP contribution in [0.1, 0.15) is 41.4 Å². The van der Waals surface area contributed by atoms with Crippen LogP contribution in [0.2, 0.25) is 0 Å². The van der Waals surface area contributed by atoms with Crippen LogP contribution in [-0.2, 0) is 4.74 Å². The Morgan fingerprint density at radius 1 is 1.32 bits per heavy atom. The molecule has 19 heavy (non-hydrogen) atoms. The second-order valence-corrected chi connectivity index (χ2v) is 4.70. The van der Waals surface area contributed by atoms with Gasteiger partial charge in [0, 0.05) is 5.56 Å². The van der Waals surface area contributed by atoms with Crippen LogP contribution in [0.25, 0.3) is 11.3 Å². The van der Waals surface area contributed by atoms with Gasteiger partial charge in [0.2, 0.25) is 0 Å². The first-order valence-electron chi connectivity index (χ1n) is 6.20. The molecule has 1 aromatic heterocycles. The van der Waals surface area contributed by atoms with Crippen LogP contribution in [0.15, 0.2) is 28.8 Å². The number of carbonyl (C=O) groups is 1. The molecule has 100 valence electrons. The summed E-state index contributed by atoms with van der Waals surface area (Å²) in [4.78, 5) is 11.8. The number of carbonyl (C=O) groups excluding carboxylic acids is 1. The number of esters is 1. The maximum Gasteiger partial charge on any atom is 0.343 e. The molecule has 0 aliphatic carbocycles. The van der Waals surface area contributed by atoms with Crippen LogP contribution in [0.5, 0.6) is 0 Å². The molecule has 4 heteroatoms. The molecule has 0 radical (unpaired) electrons. The SMILES string of the molecule is COC(=O)c1c(-c2ccccc2C(C)C)noc1C. The Hall–Kier alpha value is -2.10. The summed E-state index contributed by atoms with van der Waals surface area (Å²) in [5.74, 6) is 0.381. The molecule has 4 nitrogen and oxygen atoms in total. The van der Waals surface area contributed by atoms with Gasteiger partial charge in [-0.25, -0.2) is 4.79 Å². The highest BCUT2D eigenvalue weighted by Crippen LogP contribution is 2.32. The lowest BCUT2D eigenvalue weighted by Crippen LogP contribution is -2.04. The number of aryl methyl sites for hydroxylation is 1. The normalized spacial score (nSPS) is 10.8. The van der Waals surface area contributed by atoms with E-state index in [1.54, 1.807) is 6.92 Å². The Kier molecular flexibility index (Phi) is 3.69. The molecule has 0 saturated carbocycles. The van der Waals surface area contributed by atoms with Gasteiger partial charge in [0.05, 0.1) is 7.11 Å². The third-order valence-corrected chi connectivity index (χ3v) is 3.09. The predicted octanol–water partition coefficient (Wildman–Crippen LogP) is 3.56. The smallest absolute Gasteiger partial charge is 0.343 e. The van der Waals surface area contributed by atoms with Crippen LogP contribution in [0.4, 0.5) is 0 Å². The van der Waals surface area contributed by atoms with E-state index in [2.05, 4.69) is 19.0 Å². The second-order valence-electron chi connectivity index (χ2n) is 4.70. The van der Waals surface area contributed by atoms with Gasteiger partial charge in [-0.1, -0.05) is 43.3 Å². The summed E-state index contributed by atoms with van der Waals surface area (Å²) in [6, 6.07) is 7.88. The molecule has 2 aromatic rings. The van der Waals surface area contributed by atoms with Crippen LogP contribution in [0.3, 0.4) is 0 Å². The van der Waals surface area contributed by atoms with Gasteiger partial charge < -0.3 is 9.26 Å². The van der Waals surface area contributed by atoms with Crippen molar-refractivity contribution < 1.29 is 14.1 Å². The Labute approximate surface area is 112 Å². The predicted molar refractivity (Wildman–Crippen MR) is 72.1 cm³/mol. The standard InChI is InChI=1S/C15H17NO3/c1-9(2)11-7-5-6-8-12(11)14-13(15(17)18-4)10(3)19-16-14/h5-9H,1-4H3. The molecule has 0 fully saturated rings. The van der Waals surface area contributed by atoms with Crippen LogP contribution < -0.4 is 0 Å². The summed E-state index contributed by atoms with van der Waals surface area (Å²) < 4.78 is 9.96. The molecule has 0 unspecified atom stereocenters. The Morgan fingerprint density at radius 2 is 2.00 bits per heavy atom. The molecule has 0 atom stereocenters. The molecule has 1 heterocycles. The summed E-state index contributed by atoms with van der Waals surface area (Å²) in [6.07, 6.45) is 0. The fourth-order valence-corrected chi connectivity index (χ4v) is 2.11. The molecule has 0 amide bonds. The van der Waals surface area contributed by atoms with Crippen molar-refractivity contribution >= 4 is 5.97 Å². The average molecular weight is 259 g/mol. The number of aromatic nitrogens is 1.